The Labute approximate surface area is 454 Å². The summed E-state index contributed by atoms with van der Waals surface area (Å²) in [6, 6.07) is -7.65. The van der Waals surface area contributed by atoms with Crippen LogP contribution in [0.4, 0.5) is 14.4 Å². The van der Waals surface area contributed by atoms with Crippen LogP contribution in [0.15, 0.2) is 0 Å². The van der Waals surface area contributed by atoms with Crippen LogP contribution in [0.5, 0.6) is 0 Å². The number of hydrogen-bond acceptors (Lipinski definition) is 14. The maximum atomic E-state index is 14.4. The molecule has 0 aromatic carbocycles. The number of hydrogen-bond donors (Lipinski definition) is 11. The molecule has 0 spiro atoms. The van der Waals surface area contributed by atoms with Crippen LogP contribution in [-0.2, 0) is 52.6 Å². The second-order valence-corrected chi connectivity index (χ2v) is 21.8. The van der Waals surface area contributed by atoms with E-state index in [1.807, 2.05) is 0 Å². The van der Waals surface area contributed by atoms with Crippen LogP contribution >= 0.6 is 0 Å². The standard InChI is InChI=1S/C52H89N11O14/c1-13-28-53-39(64)26-27-40(65)54-29-18-14-25-38-46(71)62-36(23-16-20-31-56-48(73)76-51(7,8)9)44(69)59-33(2)41(66)60-35(22-15-19-30-55-47(72)75-50(4,5)6)43(68)58-34(3)42(67)61-37(45(70)63-38)24-17-21-32-57-49(74)77-52(10,11)12/h1,33-38H,14-32H2,2-12H3,(H,53,64)(H,54,65)(H,55,72)(H,56,73)(H,57,74)(H,58,68)(H,59,69)(H,60,66)(H,61,67)(H,62,71)(H,63,70)/t33-,34-,35+,36+,37+,38-/m1/s1. The van der Waals surface area contributed by atoms with Gasteiger partial charge in [-0.3, -0.25) is 38.4 Å². The van der Waals surface area contributed by atoms with E-state index in [0.717, 1.165) is 0 Å². The first-order valence-electron chi connectivity index (χ1n) is 26.6. The molecule has 1 heterocycles. The largest absolute Gasteiger partial charge is 0.444 e. The van der Waals surface area contributed by atoms with Crippen LogP contribution in [0.1, 0.15) is 166 Å². The molecule has 1 aliphatic heterocycles. The molecule has 0 bridgehead atoms. The van der Waals surface area contributed by atoms with Crippen LogP contribution in [0.25, 0.3) is 0 Å². The van der Waals surface area contributed by atoms with Crippen LogP contribution in [0.3, 0.4) is 0 Å². The molecule has 1 saturated heterocycles. The summed E-state index contributed by atoms with van der Waals surface area (Å²) in [5.74, 6) is -3.11. The van der Waals surface area contributed by atoms with Gasteiger partial charge in [0.15, 0.2) is 0 Å². The number of ether oxygens (including phenoxy) is 3. The Morgan fingerprint density at radius 3 is 0.961 bits per heavy atom. The third-order valence-corrected chi connectivity index (χ3v) is 11.0. The highest BCUT2D eigenvalue weighted by atomic mass is 16.6. The molecule has 0 saturated carbocycles. The molecule has 25 nitrogen and oxygen atoms in total. The zero-order valence-electron chi connectivity index (χ0n) is 47.2. The van der Waals surface area contributed by atoms with Gasteiger partial charge < -0.3 is 72.7 Å². The van der Waals surface area contributed by atoms with Crippen LogP contribution in [0.2, 0.25) is 0 Å². The lowest BCUT2D eigenvalue weighted by molar-refractivity contribution is -0.136. The number of unbranched alkanes of at least 4 members (excludes halogenated alkanes) is 4. The lowest BCUT2D eigenvalue weighted by atomic mass is 10.0. The van der Waals surface area contributed by atoms with E-state index in [1.54, 1.807) is 62.3 Å². The third-order valence-electron chi connectivity index (χ3n) is 11.0. The van der Waals surface area contributed by atoms with E-state index in [1.165, 1.54) is 13.8 Å². The van der Waals surface area contributed by atoms with E-state index in [9.17, 15) is 52.7 Å². The lowest BCUT2D eigenvalue weighted by Gasteiger charge is -2.28. The average molecular weight is 1090 g/mol. The van der Waals surface area contributed by atoms with Crippen molar-refractivity contribution in [2.24, 2.45) is 0 Å². The van der Waals surface area contributed by atoms with E-state index in [2.05, 4.69) is 64.4 Å². The van der Waals surface area contributed by atoms with Gasteiger partial charge >= 0.3 is 18.3 Å². The summed E-state index contributed by atoms with van der Waals surface area (Å²) in [6.07, 6.45) is 5.59. The number of carbonyl (C=O) groups excluding carboxylic acids is 11. The first kappa shape index (κ1) is 68.1. The number of alkyl carbamates (subject to hydrolysis) is 3. The molecular weight excluding hydrogens is 1000 g/mol. The fourth-order valence-electron chi connectivity index (χ4n) is 7.16. The Morgan fingerprint density at radius 1 is 0.416 bits per heavy atom. The summed E-state index contributed by atoms with van der Waals surface area (Å²) >= 11 is 0. The maximum Gasteiger partial charge on any atom is 0.407 e. The number of carbonyl (C=O) groups is 11. The smallest absolute Gasteiger partial charge is 0.407 e. The van der Waals surface area contributed by atoms with Crippen molar-refractivity contribution in [2.45, 2.75) is 219 Å². The summed E-state index contributed by atoms with van der Waals surface area (Å²) in [6.45, 7) is 18.9. The fourth-order valence-corrected chi connectivity index (χ4v) is 7.16. The van der Waals surface area contributed by atoms with E-state index < -0.39 is 113 Å². The molecule has 0 aromatic rings. The van der Waals surface area contributed by atoms with Gasteiger partial charge in [0, 0.05) is 39.0 Å². The topological polar surface area (TPSA) is 348 Å². The molecule has 1 fully saturated rings. The molecule has 1 rings (SSSR count). The van der Waals surface area contributed by atoms with Crippen molar-refractivity contribution in [3.8, 4) is 12.3 Å². The van der Waals surface area contributed by atoms with Gasteiger partial charge in [-0.2, -0.15) is 0 Å². The van der Waals surface area contributed by atoms with E-state index in [0.29, 0.717) is 32.1 Å². The quantitative estimate of drug-likeness (QED) is 0.0374. The molecule has 0 radical (unpaired) electrons. The van der Waals surface area contributed by atoms with Crippen LogP contribution < -0.4 is 58.5 Å². The molecule has 25 heteroatoms. The zero-order valence-corrected chi connectivity index (χ0v) is 47.2. The van der Waals surface area contributed by atoms with Crippen molar-refractivity contribution in [2.75, 3.05) is 32.7 Å². The Bertz CT molecular complexity index is 1990. The molecule has 77 heavy (non-hydrogen) atoms. The van der Waals surface area contributed by atoms with Crippen molar-refractivity contribution in [3.05, 3.63) is 0 Å². The highest BCUT2D eigenvalue weighted by molar-refractivity contribution is 5.98. The monoisotopic (exact) mass is 1090 g/mol. The van der Waals surface area contributed by atoms with Crippen molar-refractivity contribution >= 4 is 65.5 Å². The van der Waals surface area contributed by atoms with Gasteiger partial charge in [-0.25, -0.2) is 14.4 Å². The number of rotatable bonds is 24. The SMILES string of the molecule is C#CCNC(=O)CCC(=O)NCCCC[C@H]1NC(=O)[C@H](CCCCNC(=O)OC(C)(C)C)NC(=O)[C@@H](C)NC(=O)[C@H](CCCCNC(=O)OC(C)(C)C)NC(=O)[C@@H](C)NC(=O)[C@H](CCCCNC(=O)OC(C)(C)C)NC1=O. The summed E-state index contributed by atoms with van der Waals surface area (Å²) in [7, 11) is 0. The normalized spacial score (nSPS) is 20.1. The Hall–Kier alpha value is -6.87. The second kappa shape index (κ2) is 34.7. The number of terminal acetylenes is 1. The van der Waals surface area contributed by atoms with E-state index >= 15 is 0 Å². The van der Waals surface area contributed by atoms with Crippen LogP contribution in [-0.4, -0.2) is 151 Å². The van der Waals surface area contributed by atoms with E-state index in [-0.39, 0.29) is 96.4 Å². The van der Waals surface area contributed by atoms with Crippen molar-refractivity contribution in [1.29, 1.82) is 0 Å². The minimum absolute atomic E-state index is 0.00558. The highest BCUT2D eigenvalue weighted by Gasteiger charge is 2.33. The molecule has 0 aromatic heterocycles. The molecule has 11 amide bonds. The Balaban J connectivity index is 3.58. The summed E-state index contributed by atoms with van der Waals surface area (Å²) < 4.78 is 15.9. The maximum absolute atomic E-state index is 14.4. The predicted molar refractivity (Wildman–Crippen MR) is 285 cm³/mol. The zero-order chi connectivity index (χ0) is 58.4. The first-order valence-corrected chi connectivity index (χ1v) is 26.6. The van der Waals surface area contributed by atoms with Gasteiger partial charge in [-0.05, 0) is 153 Å². The van der Waals surface area contributed by atoms with Gasteiger partial charge in [0.25, 0.3) is 0 Å². The fraction of sp³-hybridized carbons (Fsp3) is 0.750. The Kier molecular flexibility index (Phi) is 30.7. The minimum Gasteiger partial charge on any atom is -0.444 e. The van der Waals surface area contributed by atoms with Crippen molar-refractivity contribution < 1.29 is 67.0 Å². The molecular formula is C52H89N11O14. The van der Waals surface area contributed by atoms with Gasteiger partial charge in [0.05, 0.1) is 6.54 Å². The molecule has 11 N–H and O–H groups in total. The average Bonchev–Trinajstić information content (AvgIpc) is 3.30. The second-order valence-electron chi connectivity index (χ2n) is 21.8. The van der Waals surface area contributed by atoms with Gasteiger partial charge in [-0.1, -0.05) is 5.92 Å². The van der Waals surface area contributed by atoms with Crippen molar-refractivity contribution in [3.63, 3.8) is 0 Å². The summed E-state index contributed by atoms with van der Waals surface area (Å²) in [5, 5.41) is 29.2. The predicted octanol–water partition coefficient (Wildman–Crippen LogP) is 1.85. The lowest BCUT2D eigenvalue weighted by Crippen LogP contribution is -2.60. The molecule has 6 atom stereocenters. The van der Waals surface area contributed by atoms with E-state index in [4.69, 9.17) is 20.6 Å². The first-order chi connectivity index (χ1) is 35.9. The van der Waals surface area contributed by atoms with Gasteiger partial charge in [-0.15, -0.1) is 6.42 Å². The molecule has 436 valence electrons. The molecule has 1 aliphatic rings. The third kappa shape index (κ3) is 33.0. The minimum atomic E-state index is -1.31. The van der Waals surface area contributed by atoms with Crippen LogP contribution in [0, 0.1) is 12.3 Å². The van der Waals surface area contributed by atoms with Gasteiger partial charge in [0.1, 0.15) is 53.1 Å². The highest BCUT2D eigenvalue weighted by Crippen LogP contribution is 2.13. The number of nitrogens with one attached hydrogen (secondary N) is 11. The molecule has 0 unspecified atom stereocenters. The Morgan fingerprint density at radius 2 is 0.675 bits per heavy atom. The summed E-state index contributed by atoms with van der Waals surface area (Å²) in [5.41, 5.74) is -2.21. The summed E-state index contributed by atoms with van der Waals surface area (Å²) in [4.78, 5) is 146. The van der Waals surface area contributed by atoms with Gasteiger partial charge in [0.2, 0.25) is 47.3 Å². The van der Waals surface area contributed by atoms with Crippen molar-refractivity contribution in [1.82, 2.24) is 58.5 Å². The molecule has 0 aliphatic carbocycles. The number of amides is 11.